The molecule has 0 heterocycles. The Kier molecular flexibility index (Phi) is 5.38. The number of ketones is 1. The van der Waals surface area contributed by atoms with Crippen molar-refractivity contribution in [3.05, 3.63) is 62.5 Å². The van der Waals surface area contributed by atoms with E-state index in [-0.39, 0.29) is 5.78 Å². The normalized spacial score (nSPS) is 10.3. The third-order valence-electron chi connectivity index (χ3n) is 2.72. The molecule has 0 amide bonds. The molecule has 2 nitrogen and oxygen atoms in total. The molecule has 0 aliphatic heterocycles. The van der Waals surface area contributed by atoms with Gasteiger partial charge in [-0.2, -0.15) is 0 Å². The summed E-state index contributed by atoms with van der Waals surface area (Å²) < 4.78 is 7.37. The fourth-order valence-electron chi connectivity index (χ4n) is 1.83. The maximum Gasteiger partial charge on any atom is 0.196 e. The molecule has 0 aromatic heterocycles. The van der Waals surface area contributed by atoms with Crippen LogP contribution in [0.25, 0.3) is 0 Å². The number of hydrogen-bond donors (Lipinski definition) is 0. The second-order valence-electron chi connectivity index (χ2n) is 4.33. The van der Waals surface area contributed by atoms with E-state index in [1.807, 2.05) is 43.3 Å². The van der Waals surface area contributed by atoms with Crippen LogP contribution >= 0.6 is 31.9 Å². The highest BCUT2D eigenvalue weighted by molar-refractivity contribution is 9.11. The number of ether oxygens (including phenoxy) is 1. The lowest BCUT2D eigenvalue weighted by Crippen LogP contribution is -2.06. The zero-order valence-corrected chi connectivity index (χ0v) is 14.2. The molecule has 0 saturated heterocycles. The summed E-state index contributed by atoms with van der Waals surface area (Å²) in [4.78, 5) is 12.6. The second kappa shape index (κ2) is 7.04. The molecule has 104 valence electrons. The molecular weight excluding hydrogens is 384 g/mol. The quantitative estimate of drug-likeness (QED) is 0.645. The van der Waals surface area contributed by atoms with Gasteiger partial charge in [0.1, 0.15) is 5.75 Å². The predicted molar refractivity (Wildman–Crippen MR) is 87.5 cm³/mol. The molecule has 4 heteroatoms. The molecular formula is C16H14Br2O2. The van der Waals surface area contributed by atoms with Crippen LogP contribution in [0.4, 0.5) is 0 Å². The Labute approximate surface area is 135 Å². The molecule has 0 saturated carbocycles. The molecule has 0 fully saturated rings. The van der Waals surface area contributed by atoms with Crippen molar-refractivity contribution in [3.63, 3.8) is 0 Å². The molecule has 0 atom stereocenters. The number of rotatable bonds is 5. The van der Waals surface area contributed by atoms with Crippen LogP contribution in [0, 0.1) is 0 Å². The van der Waals surface area contributed by atoms with E-state index in [0.717, 1.165) is 15.4 Å². The molecule has 0 spiro atoms. The number of carbonyl (C=O) groups excluding carboxylic acids is 1. The smallest absolute Gasteiger partial charge is 0.196 e. The van der Waals surface area contributed by atoms with Crippen molar-refractivity contribution >= 4 is 37.6 Å². The highest BCUT2D eigenvalue weighted by atomic mass is 79.9. The van der Waals surface area contributed by atoms with Gasteiger partial charge in [-0.25, -0.2) is 0 Å². The molecule has 0 N–H and O–H groups in total. The van der Waals surface area contributed by atoms with Gasteiger partial charge < -0.3 is 4.74 Å². The van der Waals surface area contributed by atoms with Crippen LogP contribution in [0.3, 0.4) is 0 Å². The van der Waals surface area contributed by atoms with Crippen LogP contribution < -0.4 is 4.74 Å². The zero-order valence-electron chi connectivity index (χ0n) is 11.0. The van der Waals surface area contributed by atoms with E-state index in [0.29, 0.717) is 23.5 Å². The van der Waals surface area contributed by atoms with Gasteiger partial charge >= 0.3 is 0 Å². The van der Waals surface area contributed by atoms with Crippen molar-refractivity contribution in [2.75, 3.05) is 6.61 Å². The van der Waals surface area contributed by atoms with Gasteiger partial charge in [-0.15, -0.1) is 0 Å². The first-order valence-corrected chi connectivity index (χ1v) is 7.93. The van der Waals surface area contributed by atoms with Gasteiger partial charge in [-0.05, 0) is 36.8 Å². The van der Waals surface area contributed by atoms with Crippen LogP contribution in [0.1, 0.15) is 29.3 Å². The first kappa shape index (κ1) is 15.3. The number of para-hydroxylation sites is 1. The summed E-state index contributed by atoms with van der Waals surface area (Å²) >= 11 is 6.80. The summed E-state index contributed by atoms with van der Waals surface area (Å²) in [5.41, 5.74) is 1.21. The number of benzene rings is 2. The Morgan fingerprint density at radius 1 is 1.10 bits per heavy atom. The van der Waals surface area contributed by atoms with Crippen molar-refractivity contribution in [1.29, 1.82) is 0 Å². The number of carbonyl (C=O) groups is 1. The minimum absolute atomic E-state index is 0.0429. The largest absolute Gasteiger partial charge is 0.493 e. The van der Waals surface area contributed by atoms with E-state index in [1.165, 1.54) is 0 Å². The maximum atomic E-state index is 12.6. The zero-order chi connectivity index (χ0) is 14.5. The SMILES string of the molecule is CCCOc1ccccc1C(=O)c1cc(Br)cc(Br)c1. The monoisotopic (exact) mass is 396 g/mol. The van der Waals surface area contributed by atoms with E-state index in [2.05, 4.69) is 31.9 Å². The summed E-state index contributed by atoms with van der Waals surface area (Å²) in [6.07, 6.45) is 0.908. The Bertz CT molecular complexity index is 603. The lowest BCUT2D eigenvalue weighted by molar-refractivity contribution is 0.103. The van der Waals surface area contributed by atoms with Crippen molar-refractivity contribution in [3.8, 4) is 5.75 Å². The van der Waals surface area contributed by atoms with E-state index < -0.39 is 0 Å². The van der Waals surface area contributed by atoms with Gasteiger partial charge in [0.15, 0.2) is 5.78 Å². The Morgan fingerprint density at radius 3 is 2.40 bits per heavy atom. The topological polar surface area (TPSA) is 26.3 Å². The molecule has 0 radical (unpaired) electrons. The highest BCUT2D eigenvalue weighted by Crippen LogP contribution is 2.26. The fraction of sp³-hybridized carbons (Fsp3) is 0.188. The highest BCUT2D eigenvalue weighted by Gasteiger charge is 2.15. The summed E-state index contributed by atoms with van der Waals surface area (Å²) in [6.45, 7) is 2.64. The Balaban J connectivity index is 2.37. The minimum Gasteiger partial charge on any atom is -0.493 e. The van der Waals surface area contributed by atoms with Crippen molar-refractivity contribution < 1.29 is 9.53 Å². The van der Waals surface area contributed by atoms with Gasteiger partial charge in [0.05, 0.1) is 12.2 Å². The van der Waals surface area contributed by atoms with Gasteiger partial charge in [0, 0.05) is 14.5 Å². The maximum absolute atomic E-state index is 12.6. The lowest BCUT2D eigenvalue weighted by atomic mass is 10.0. The second-order valence-corrected chi connectivity index (χ2v) is 6.16. The summed E-state index contributed by atoms with van der Waals surface area (Å²) in [6, 6.07) is 12.9. The first-order chi connectivity index (χ1) is 9.61. The molecule has 20 heavy (non-hydrogen) atoms. The minimum atomic E-state index is -0.0429. The number of halogens is 2. The molecule has 2 rings (SSSR count). The van der Waals surface area contributed by atoms with Crippen LogP contribution in [-0.2, 0) is 0 Å². The van der Waals surface area contributed by atoms with Gasteiger partial charge in [-0.3, -0.25) is 4.79 Å². The average Bonchev–Trinajstić information content (AvgIpc) is 2.43. The molecule has 2 aromatic rings. The van der Waals surface area contributed by atoms with E-state index >= 15 is 0 Å². The molecule has 0 bridgehead atoms. The fourth-order valence-corrected chi connectivity index (χ4v) is 3.13. The Hall–Kier alpha value is -1.13. The third kappa shape index (κ3) is 3.70. The van der Waals surface area contributed by atoms with Crippen molar-refractivity contribution in [1.82, 2.24) is 0 Å². The third-order valence-corrected chi connectivity index (χ3v) is 3.63. The van der Waals surface area contributed by atoms with E-state index in [1.54, 1.807) is 6.07 Å². The molecule has 0 aliphatic carbocycles. The van der Waals surface area contributed by atoms with Crippen LogP contribution in [0.15, 0.2) is 51.4 Å². The molecule has 0 unspecified atom stereocenters. The van der Waals surface area contributed by atoms with E-state index in [9.17, 15) is 4.79 Å². The van der Waals surface area contributed by atoms with Gasteiger partial charge in [0.2, 0.25) is 0 Å². The van der Waals surface area contributed by atoms with Gasteiger partial charge in [-0.1, -0.05) is 50.9 Å². The summed E-state index contributed by atoms with van der Waals surface area (Å²) in [7, 11) is 0. The predicted octanol–water partition coefficient (Wildman–Crippen LogP) is 5.23. The van der Waals surface area contributed by atoms with Crippen LogP contribution in [-0.4, -0.2) is 12.4 Å². The van der Waals surface area contributed by atoms with E-state index in [4.69, 9.17) is 4.74 Å². The van der Waals surface area contributed by atoms with Crippen LogP contribution in [0.2, 0.25) is 0 Å². The summed E-state index contributed by atoms with van der Waals surface area (Å²) in [5, 5.41) is 0. The van der Waals surface area contributed by atoms with Gasteiger partial charge in [0.25, 0.3) is 0 Å². The standard InChI is InChI=1S/C16H14Br2O2/c1-2-7-20-15-6-4-3-5-14(15)16(19)11-8-12(17)10-13(18)9-11/h3-6,8-10H,2,7H2,1H3. The van der Waals surface area contributed by atoms with Crippen LogP contribution in [0.5, 0.6) is 5.75 Å². The first-order valence-electron chi connectivity index (χ1n) is 6.34. The van der Waals surface area contributed by atoms with Crippen molar-refractivity contribution in [2.24, 2.45) is 0 Å². The number of hydrogen-bond acceptors (Lipinski definition) is 2. The molecule has 0 aliphatic rings. The van der Waals surface area contributed by atoms with Crippen molar-refractivity contribution in [2.45, 2.75) is 13.3 Å². The Morgan fingerprint density at radius 2 is 1.75 bits per heavy atom. The lowest BCUT2D eigenvalue weighted by Gasteiger charge is -2.10. The molecule has 2 aromatic carbocycles. The average molecular weight is 398 g/mol. The summed E-state index contributed by atoms with van der Waals surface area (Å²) in [5.74, 6) is 0.592.